The van der Waals surface area contributed by atoms with Crippen LogP contribution in [0.3, 0.4) is 0 Å². The molecule has 1 aromatic carbocycles. The fraction of sp³-hybridized carbons (Fsp3) is 0.650. The summed E-state index contributed by atoms with van der Waals surface area (Å²) in [6.45, 7) is 10.1. The number of hydrogen-bond donors (Lipinski definition) is 1. The molecule has 3 aliphatic heterocycles. The van der Waals surface area contributed by atoms with Gasteiger partial charge < -0.3 is 15.0 Å². The number of amides is 1. The Hall–Kier alpha value is -1.43. The molecule has 5 nitrogen and oxygen atoms in total. The summed E-state index contributed by atoms with van der Waals surface area (Å²) < 4.78 is 5.48. The van der Waals surface area contributed by atoms with Crippen molar-refractivity contribution < 1.29 is 9.53 Å². The number of nitrogens with one attached hydrogen (secondary N) is 1. The van der Waals surface area contributed by atoms with Gasteiger partial charge in [0.25, 0.3) is 0 Å². The molecule has 25 heavy (non-hydrogen) atoms. The minimum atomic E-state index is -0.483. The first-order chi connectivity index (χ1) is 12.1. The average Bonchev–Trinajstić information content (AvgIpc) is 3.23. The highest BCUT2D eigenvalue weighted by Gasteiger charge is 2.50. The minimum Gasteiger partial charge on any atom is -0.379 e. The Kier molecular flexibility index (Phi) is 4.56. The molecule has 0 aliphatic carbocycles. The maximum Gasteiger partial charge on any atom is 0.243 e. The summed E-state index contributed by atoms with van der Waals surface area (Å²) in [6, 6.07) is 10.8. The second kappa shape index (κ2) is 6.71. The van der Waals surface area contributed by atoms with Gasteiger partial charge in [-0.15, -0.1) is 0 Å². The van der Waals surface area contributed by atoms with Crippen LogP contribution in [0.5, 0.6) is 0 Å². The lowest BCUT2D eigenvalue weighted by Crippen LogP contribution is -2.59. The lowest BCUT2D eigenvalue weighted by Gasteiger charge is -2.43. The number of morpholine rings is 1. The summed E-state index contributed by atoms with van der Waals surface area (Å²) in [4.78, 5) is 18.1. The summed E-state index contributed by atoms with van der Waals surface area (Å²) in [6.07, 6.45) is 0. The van der Waals surface area contributed by atoms with E-state index in [9.17, 15) is 4.79 Å². The molecule has 0 saturated carbocycles. The van der Waals surface area contributed by atoms with Crippen molar-refractivity contribution in [2.24, 2.45) is 11.8 Å². The van der Waals surface area contributed by atoms with Crippen molar-refractivity contribution in [1.82, 2.24) is 15.1 Å². The summed E-state index contributed by atoms with van der Waals surface area (Å²) in [5, 5.41) is 3.52. The van der Waals surface area contributed by atoms with E-state index in [0.29, 0.717) is 25.0 Å². The molecule has 1 amide bonds. The molecular weight excluding hydrogens is 314 g/mol. The maximum absolute atomic E-state index is 13.6. The van der Waals surface area contributed by atoms with Gasteiger partial charge in [0.15, 0.2) is 0 Å². The van der Waals surface area contributed by atoms with Crippen LogP contribution in [0.2, 0.25) is 0 Å². The minimum absolute atomic E-state index is 0.189. The zero-order valence-corrected chi connectivity index (χ0v) is 15.3. The van der Waals surface area contributed by atoms with Crippen molar-refractivity contribution in [3.63, 3.8) is 0 Å². The Morgan fingerprint density at radius 1 is 1.16 bits per heavy atom. The molecule has 0 aromatic heterocycles. The van der Waals surface area contributed by atoms with Gasteiger partial charge in [0.05, 0.1) is 24.8 Å². The van der Waals surface area contributed by atoms with Gasteiger partial charge >= 0.3 is 0 Å². The van der Waals surface area contributed by atoms with Gasteiger partial charge in [0.1, 0.15) is 0 Å². The van der Waals surface area contributed by atoms with Gasteiger partial charge in [-0.25, -0.2) is 0 Å². The van der Waals surface area contributed by atoms with E-state index in [2.05, 4.69) is 53.2 Å². The number of fused-ring (bicyclic) bond motifs is 1. The first kappa shape index (κ1) is 17.0. The number of carbonyl (C=O) groups excluding carboxylic acids is 1. The molecule has 1 N–H and O–H groups in total. The molecule has 5 heteroatoms. The summed E-state index contributed by atoms with van der Waals surface area (Å²) in [5.41, 5.74) is 0.785. The van der Waals surface area contributed by atoms with Crippen LogP contribution in [-0.4, -0.2) is 67.2 Å². The molecule has 0 unspecified atom stereocenters. The van der Waals surface area contributed by atoms with E-state index in [0.717, 1.165) is 32.7 Å². The van der Waals surface area contributed by atoms with Gasteiger partial charge in [0, 0.05) is 38.6 Å². The predicted molar refractivity (Wildman–Crippen MR) is 97.2 cm³/mol. The lowest BCUT2D eigenvalue weighted by atomic mass is 9.89. The van der Waals surface area contributed by atoms with E-state index >= 15 is 0 Å². The van der Waals surface area contributed by atoms with E-state index in [1.807, 2.05) is 6.07 Å². The van der Waals surface area contributed by atoms with Crippen LogP contribution in [0.25, 0.3) is 0 Å². The predicted octanol–water partition coefficient (Wildman–Crippen LogP) is 1.52. The molecule has 0 radical (unpaired) electrons. The van der Waals surface area contributed by atoms with Gasteiger partial charge in [-0.1, -0.05) is 30.3 Å². The van der Waals surface area contributed by atoms with Crippen molar-refractivity contribution in [2.75, 3.05) is 45.9 Å². The van der Waals surface area contributed by atoms with Crippen LogP contribution >= 0.6 is 0 Å². The Morgan fingerprint density at radius 3 is 2.60 bits per heavy atom. The van der Waals surface area contributed by atoms with Crippen molar-refractivity contribution >= 4 is 5.91 Å². The molecule has 4 rings (SSSR count). The number of hydrogen-bond acceptors (Lipinski definition) is 4. The van der Waals surface area contributed by atoms with Crippen LogP contribution in [0, 0.1) is 11.8 Å². The van der Waals surface area contributed by atoms with E-state index < -0.39 is 5.54 Å². The van der Waals surface area contributed by atoms with Crippen LogP contribution in [-0.2, 0) is 9.53 Å². The molecule has 3 fully saturated rings. The number of nitrogens with zero attached hydrogens (tertiary/aromatic N) is 2. The highest BCUT2D eigenvalue weighted by Crippen LogP contribution is 2.43. The molecule has 3 saturated heterocycles. The van der Waals surface area contributed by atoms with Crippen molar-refractivity contribution in [1.29, 1.82) is 0 Å². The topological polar surface area (TPSA) is 44.8 Å². The van der Waals surface area contributed by atoms with Crippen molar-refractivity contribution in [2.45, 2.75) is 25.4 Å². The van der Waals surface area contributed by atoms with Gasteiger partial charge in [0.2, 0.25) is 5.91 Å². The van der Waals surface area contributed by atoms with Crippen molar-refractivity contribution in [3.8, 4) is 0 Å². The lowest BCUT2D eigenvalue weighted by molar-refractivity contribution is -0.147. The van der Waals surface area contributed by atoms with E-state index in [1.54, 1.807) is 0 Å². The molecule has 136 valence electrons. The van der Waals surface area contributed by atoms with Crippen LogP contribution in [0.15, 0.2) is 30.3 Å². The maximum atomic E-state index is 13.6. The molecule has 3 atom stereocenters. The van der Waals surface area contributed by atoms with Crippen molar-refractivity contribution in [3.05, 3.63) is 35.9 Å². The standard InChI is InChI=1S/C20H29N3O2/c1-20(2,22-8-10-25-11-9-22)19(24)23-14-16-12-21-13-17(16)18(23)15-6-4-3-5-7-15/h3-7,16-18,21H,8-14H2,1-2H3/t16-,17-,18+/m0/s1. The highest BCUT2D eigenvalue weighted by atomic mass is 16.5. The van der Waals surface area contributed by atoms with E-state index in [4.69, 9.17) is 4.74 Å². The summed E-state index contributed by atoms with van der Waals surface area (Å²) >= 11 is 0. The molecule has 1 aromatic rings. The number of likely N-dealkylation sites (tertiary alicyclic amines) is 1. The SMILES string of the molecule is CC(C)(C(=O)N1C[C@@H]2CNC[C@@H]2[C@H]1c1ccccc1)N1CCOCC1. The Bertz CT molecular complexity index is 613. The highest BCUT2D eigenvalue weighted by molar-refractivity contribution is 5.86. The second-order valence-electron chi connectivity index (χ2n) is 8.05. The fourth-order valence-corrected chi connectivity index (χ4v) is 4.82. The molecule has 0 spiro atoms. The Balaban J connectivity index is 1.62. The van der Waals surface area contributed by atoms with Crippen LogP contribution in [0.1, 0.15) is 25.5 Å². The zero-order chi connectivity index (χ0) is 17.4. The van der Waals surface area contributed by atoms with E-state index in [1.165, 1.54) is 5.56 Å². The first-order valence-corrected chi connectivity index (χ1v) is 9.48. The van der Waals surface area contributed by atoms with Crippen LogP contribution < -0.4 is 5.32 Å². The Labute approximate surface area is 150 Å². The van der Waals surface area contributed by atoms with Gasteiger partial charge in [-0.05, 0) is 25.3 Å². The second-order valence-corrected chi connectivity index (χ2v) is 8.05. The molecular formula is C20H29N3O2. The molecule has 3 heterocycles. The summed E-state index contributed by atoms with van der Waals surface area (Å²) in [5.74, 6) is 1.35. The zero-order valence-electron chi connectivity index (χ0n) is 15.3. The molecule has 0 bridgehead atoms. The summed E-state index contributed by atoms with van der Waals surface area (Å²) in [7, 11) is 0. The first-order valence-electron chi connectivity index (χ1n) is 9.48. The third-order valence-electron chi connectivity index (χ3n) is 6.29. The van der Waals surface area contributed by atoms with Gasteiger partial charge in [-0.2, -0.15) is 0 Å². The Morgan fingerprint density at radius 2 is 1.88 bits per heavy atom. The third kappa shape index (κ3) is 2.98. The average molecular weight is 343 g/mol. The van der Waals surface area contributed by atoms with E-state index in [-0.39, 0.29) is 11.9 Å². The van der Waals surface area contributed by atoms with Gasteiger partial charge in [-0.3, -0.25) is 9.69 Å². The number of benzene rings is 1. The smallest absolute Gasteiger partial charge is 0.243 e. The quantitative estimate of drug-likeness (QED) is 0.904. The number of ether oxygens (including phenoxy) is 1. The molecule has 3 aliphatic rings. The monoisotopic (exact) mass is 343 g/mol. The number of rotatable bonds is 3. The normalized spacial score (nSPS) is 30.5. The fourth-order valence-electron chi connectivity index (χ4n) is 4.82. The number of carbonyl (C=O) groups is 1. The third-order valence-corrected chi connectivity index (χ3v) is 6.29. The largest absolute Gasteiger partial charge is 0.379 e. The van der Waals surface area contributed by atoms with Crippen LogP contribution in [0.4, 0.5) is 0 Å².